The van der Waals surface area contributed by atoms with Crippen LogP contribution in [0.3, 0.4) is 0 Å². The van der Waals surface area contributed by atoms with E-state index in [1.54, 1.807) is 0 Å². The lowest BCUT2D eigenvalue weighted by atomic mass is 10.2. The lowest BCUT2D eigenvalue weighted by Crippen LogP contribution is -2.40. The van der Waals surface area contributed by atoms with Gasteiger partial charge in [-0.25, -0.2) is 0 Å². The van der Waals surface area contributed by atoms with Gasteiger partial charge in [-0.1, -0.05) is 34.8 Å². The Morgan fingerprint density at radius 1 is 1.17 bits per heavy atom. The van der Waals surface area contributed by atoms with E-state index in [9.17, 15) is 8.42 Å². The largest absolute Gasteiger partial charge is 0.265 e. The predicted molar refractivity (Wildman–Crippen MR) is 50.3 cm³/mol. The third kappa shape index (κ3) is 4.14. The van der Waals surface area contributed by atoms with Gasteiger partial charge >= 0.3 is 0 Å². The Labute approximate surface area is 87.1 Å². The van der Waals surface area contributed by atoms with Gasteiger partial charge in [0.25, 0.3) is 10.1 Å². The predicted octanol–water partition coefficient (Wildman–Crippen LogP) is 2.11. The molecule has 0 aliphatic rings. The minimum atomic E-state index is -3.62. The number of hydrogen-bond donors (Lipinski definition) is 0. The van der Waals surface area contributed by atoms with Gasteiger partial charge in [-0.3, -0.25) is 4.18 Å². The molecule has 0 rings (SSSR count). The van der Waals surface area contributed by atoms with E-state index >= 15 is 0 Å². The molecule has 12 heavy (non-hydrogen) atoms. The molecule has 0 aromatic carbocycles. The second-order valence-electron chi connectivity index (χ2n) is 2.80. The van der Waals surface area contributed by atoms with Gasteiger partial charge in [0.2, 0.25) is 3.79 Å². The van der Waals surface area contributed by atoms with E-state index in [1.165, 1.54) is 13.8 Å². The molecule has 0 saturated carbocycles. The van der Waals surface area contributed by atoms with Gasteiger partial charge in [-0.05, 0) is 13.8 Å². The molecular weight excluding hydrogens is 246 g/mol. The first kappa shape index (κ1) is 12.8. The van der Waals surface area contributed by atoms with Gasteiger partial charge < -0.3 is 0 Å². The molecular formula is C5H9Cl3O3S. The molecule has 0 bridgehead atoms. The van der Waals surface area contributed by atoms with Gasteiger partial charge in [-0.2, -0.15) is 8.42 Å². The molecule has 0 unspecified atom stereocenters. The molecule has 0 radical (unpaired) electrons. The summed E-state index contributed by atoms with van der Waals surface area (Å²) in [5.41, 5.74) is -1.37. The van der Waals surface area contributed by atoms with Crippen LogP contribution in [0, 0.1) is 0 Å². The average Bonchev–Trinajstić information content (AvgIpc) is 1.52. The van der Waals surface area contributed by atoms with Gasteiger partial charge in [0.15, 0.2) is 0 Å². The molecule has 0 fully saturated rings. The fourth-order valence-electron chi connectivity index (χ4n) is 0.426. The molecule has 7 heteroatoms. The fraction of sp³-hybridized carbons (Fsp3) is 1.00. The van der Waals surface area contributed by atoms with Crippen molar-refractivity contribution in [1.29, 1.82) is 0 Å². The van der Waals surface area contributed by atoms with Crippen LogP contribution in [0.2, 0.25) is 0 Å². The summed E-state index contributed by atoms with van der Waals surface area (Å²) in [6.07, 6.45) is 0.894. The van der Waals surface area contributed by atoms with E-state index in [-0.39, 0.29) is 0 Å². The first-order chi connectivity index (χ1) is 4.96. The zero-order valence-electron chi connectivity index (χ0n) is 6.77. The van der Waals surface area contributed by atoms with E-state index in [0.29, 0.717) is 0 Å². The standard InChI is InChI=1S/C5H9Cl3O3S/c1-4(2,5(6,7)8)11-12(3,9)10/h1-3H3. The monoisotopic (exact) mass is 254 g/mol. The zero-order valence-corrected chi connectivity index (χ0v) is 9.85. The smallest absolute Gasteiger partial charge is 0.260 e. The van der Waals surface area contributed by atoms with E-state index in [1.807, 2.05) is 0 Å². The molecule has 0 N–H and O–H groups in total. The Morgan fingerprint density at radius 2 is 1.50 bits per heavy atom. The maximum atomic E-state index is 10.7. The molecule has 0 spiro atoms. The maximum absolute atomic E-state index is 10.7. The van der Waals surface area contributed by atoms with E-state index in [0.717, 1.165) is 6.26 Å². The summed E-state index contributed by atoms with van der Waals surface area (Å²) >= 11 is 16.4. The topological polar surface area (TPSA) is 43.4 Å². The number of hydrogen-bond acceptors (Lipinski definition) is 3. The summed E-state index contributed by atoms with van der Waals surface area (Å²) in [6.45, 7) is 2.75. The van der Waals surface area contributed by atoms with Gasteiger partial charge in [0, 0.05) is 0 Å². The van der Waals surface area contributed by atoms with Crippen molar-refractivity contribution >= 4 is 44.9 Å². The molecule has 0 heterocycles. The zero-order chi connectivity index (χ0) is 10.2. The van der Waals surface area contributed by atoms with Crippen LogP contribution < -0.4 is 0 Å². The van der Waals surface area contributed by atoms with Crippen LogP contribution in [0.1, 0.15) is 13.8 Å². The van der Waals surface area contributed by atoms with Crippen LogP contribution in [0.25, 0.3) is 0 Å². The highest BCUT2D eigenvalue weighted by Gasteiger charge is 2.44. The molecule has 0 aliphatic carbocycles. The van der Waals surface area contributed by atoms with E-state index in [4.69, 9.17) is 34.8 Å². The maximum Gasteiger partial charge on any atom is 0.265 e. The van der Waals surface area contributed by atoms with Crippen molar-refractivity contribution < 1.29 is 12.6 Å². The van der Waals surface area contributed by atoms with Crippen LogP contribution in [-0.2, 0) is 14.3 Å². The molecule has 74 valence electrons. The number of rotatable bonds is 2. The highest BCUT2D eigenvalue weighted by Crippen LogP contribution is 2.40. The summed E-state index contributed by atoms with van der Waals surface area (Å²) in [7, 11) is -3.62. The fourth-order valence-corrected chi connectivity index (χ4v) is 1.56. The van der Waals surface area contributed by atoms with Crippen molar-refractivity contribution in [2.75, 3.05) is 6.26 Å². The molecule has 0 aromatic heterocycles. The Bertz CT molecular complexity index is 252. The molecule has 0 saturated heterocycles. The van der Waals surface area contributed by atoms with Crippen molar-refractivity contribution in [3.8, 4) is 0 Å². The molecule has 0 amide bonds. The van der Waals surface area contributed by atoms with Crippen molar-refractivity contribution in [3.63, 3.8) is 0 Å². The number of halogens is 3. The highest BCUT2D eigenvalue weighted by molar-refractivity contribution is 7.86. The highest BCUT2D eigenvalue weighted by atomic mass is 35.6. The Morgan fingerprint density at radius 3 is 1.58 bits per heavy atom. The van der Waals surface area contributed by atoms with Crippen molar-refractivity contribution in [2.24, 2.45) is 0 Å². The summed E-state index contributed by atoms with van der Waals surface area (Å²) in [5.74, 6) is 0. The van der Waals surface area contributed by atoms with Crippen LogP contribution in [-0.4, -0.2) is 24.1 Å². The Kier molecular flexibility index (Phi) is 3.73. The SMILES string of the molecule is CC(C)(OS(C)(=O)=O)C(Cl)(Cl)Cl. The average molecular weight is 256 g/mol. The first-order valence-corrected chi connectivity index (χ1v) is 5.88. The van der Waals surface area contributed by atoms with E-state index < -0.39 is 19.5 Å². The summed E-state index contributed by atoms with van der Waals surface area (Å²) < 4.78 is 24.2. The minimum Gasteiger partial charge on any atom is -0.260 e. The van der Waals surface area contributed by atoms with Crippen LogP contribution in [0.5, 0.6) is 0 Å². The summed E-state index contributed by atoms with van der Waals surface area (Å²) in [4.78, 5) is 0. The van der Waals surface area contributed by atoms with Gasteiger partial charge in [0.1, 0.15) is 5.60 Å². The molecule has 0 aromatic rings. The second-order valence-corrected chi connectivity index (χ2v) is 6.65. The number of alkyl halides is 3. The minimum absolute atomic E-state index is 0.894. The Hall–Kier alpha value is 0.780. The lowest BCUT2D eigenvalue weighted by Gasteiger charge is -2.30. The van der Waals surface area contributed by atoms with Crippen LogP contribution >= 0.6 is 34.8 Å². The van der Waals surface area contributed by atoms with Gasteiger partial charge in [-0.15, -0.1) is 0 Å². The summed E-state index contributed by atoms with van der Waals surface area (Å²) in [5, 5.41) is 0. The van der Waals surface area contributed by atoms with Crippen LogP contribution in [0.4, 0.5) is 0 Å². The van der Waals surface area contributed by atoms with Crippen LogP contribution in [0.15, 0.2) is 0 Å². The second kappa shape index (κ2) is 3.50. The third-order valence-electron chi connectivity index (χ3n) is 1.04. The van der Waals surface area contributed by atoms with Crippen molar-refractivity contribution in [1.82, 2.24) is 0 Å². The first-order valence-electron chi connectivity index (χ1n) is 2.93. The van der Waals surface area contributed by atoms with E-state index in [2.05, 4.69) is 4.18 Å². The lowest BCUT2D eigenvalue weighted by molar-refractivity contribution is 0.124. The molecule has 0 atom stereocenters. The summed E-state index contributed by atoms with van der Waals surface area (Å²) in [6, 6.07) is 0. The van der Waals surface area contributed by atoms with Gasteiger partial charge in [0.05, 0.1) is 6.26 Å². The molecule has 3 nitrogen and oxygen atoms in total. The molecule has 0 aliphatic heterocycles. The van der Waals surface area contributed by atoms with Crippen molar-refractivity contribution in [3.05, 3.63) is 0 Å². The third-order valence-corrected chi connectivity index (χ3v) is 3.13. The quantitative estimate of drug-likeness (QED) is 0.561. The van der Waals surface area contributed by atoms with Crippen molar-refractivity contribution in [2.45, 2.75) is 23.2 Å². The Balaban J connectivity index is 4.67. The normalized spacial score (nSPS) is 14.8.